The molecular formula is C16H13BrFNO4. The molecule has 0 aromatic heterocycles. The number of nitrogens with one attached hydrogen (secondary N) is 1. The molecule has 1 amide bonds. The van der Waals surface area contributed by atoms with Gasteiger partial charge in [0.05, 0.1) is 0 Å². The van der Waals surface area contributed by atoms with Crippen molar-refractivity contribution in [3.05, 3.63) is 57.8 Å². The van der Waals surface area contributed by atoms with Gasteiger partial charge in [-0.05, 0) is 42.8 Å². The van der Waals surface area contributed by atoms with Crippen molar-refractivity contribution in [2.24, 2.45) is 0 Å². The molecule has 0 aliphatic rings. The van der Waals surface area contributed by atoms with E-state index in [1.54, 1.807) is 13.0 Å². The van der Waals surface area contributed by atoms with E-state index in [9.17, 15) is 19.1 Å². The molecule has 0 saturated carbocycles. The summed E-state index contributed by atoms with van der Waals surface area (Å²) in [6.07, 6.45) is 0. The van der Waals surface area contributed by atoms with Crippen LogP contribution in [0.5, 0.6) is 5.75 Å². The van der Waals surface area contributed by atoms with Crippen molar-refractivity contribution in [2.45, 2.75) is 6.92 Å². The summed E-state index contributed by atoms with van der Waals surface area (Å²) in [6.45, 7) is 1.05. The number of aromatic hydroxyl groups is 1. The molecule has 23 heavy (non-hydrogen) atoms. The molecule has 2 aromatic rings. The number of hydrogen-bond donors (Lipinski definition) is 2. The van der Waals surface area contributed by atoms with Crippen molar-refractivity contribution in [1.82, 2.24) is 0 Å². The second-order valence-corrected chi connectivity index (χ2v) is 5.67. The lowest BCUT2D eigenvalue weighted by Crippen LogP contribution is -2.21. The lowest BCUT2D eigenvalue weighted by Gasteiger charge is -2.08. The Morgan fingerprint density at radius 1 is 1.26 bits per heavy atom. The Bertz CT molecular complexity index is 764. The predicted octanol–water partition coefficient (Wildman–Crippen LogP) is 3.40. The molecule has 2 rings (SSSR count). The molecular weight excluding hydrogens is 369 g/mol. The van der Waals surface area contributed by atoms with Gasteiger partial charge in [-0.15, -0.1) is 0 Å². The Kier molecular flexibility index (Phi) is 5.33. The van der Waals surface area contributed by atoms with Crippen molar-refractivity contribution in [3.63, 3.8) is 0 Å². The second kappa shape index (κ2) is 7.23. The molecule has 0 saturated heterocycles. The van der Waals surface area contributed by atoms with Gasteiger partial charge in [-0.1, -0.05) is 22.0 Å². The number of anilines is 1. The van der Waals surface area contributed by atoms with Gasteiger partial charge in [0.1, 0.15) is 17.1 Å². The number of phenolic OH excluding ortho intramolecular Hbond substituents is 1. The zero-order valence-corrected chi connectivity index (χ0v) is 13.7. The first-order chi connectivity index (χ1) is 10.9. The highest BCUT2D eigenvalue weighted by Crippen LogP contribution is 2.22. The summed E-state index contributed by atoms with van der Waals surface area (Å²) in [7, 11) is 0. The lowest BCUT2D eigenvalue weighted by molar-refractivity contribution is -0.119. The third kappa shape index (κ3) is 4.53. The van der Waals surface area contributed by atoms with E-state index >= 15 is 0 Å². The first-order valence-electron chi connectivity index (χ1n) is 6.58. The van der Waals surface area contributed by atoms with Crippen LogP contribution in [-0.2, 0) is 9.53 Å². The highest BCUT2D eigenvalue weighted by atomic mass is 79.9. The van der Waals surface area contributed by atoms with Crippen LogP contribution in [0.3, 0.4) is 0 Å². The zero-order chi connectivity index (χ0) is 17.0. The third-order valence-corrected chi connectivity index (χ3v) is 3.46. The van der Waals surface area contributed by atoms with Gasteiger partial charge in [-0.2, -0.15) is 0 Å². The maximum atomic E-state index is 13.4. The maximum absolute atomic E-state index is 13.4. The van der Waals surface area contributed by atoms with Crippen molar-refractivity contribution < 1.29 is 23.8 Å². The van der Waals surface area contributed by atoms with Gasteiger partial charge in [-0.25, -0.2) is 9.18 Å². The smallest absolute Gasteiger partial charge is 0.342 e. The van der Waals surface area contributed by atoms with E-state index in [2.05, 4.69) is 21.2 Å². The Morgan fingerprint density at radius 2 is 2.00 bits per heavy atom. The Hall–Kier alpha value is -2.41. The first kappa shape index (κ1) is 17.0. The quantitative estimate of drug-likeness (QED) is 0.795. The molecule has 0 heterocycles. The number of rotatable bonds is 4. The molecule has 0 aliphatic heterocycles. The number of halogens is 2. The molecule has 0 bridgehead atoms. The summed E-state index contributed by atoms with van der Waals surface area (Å²) in [4.78, 5) is 23.5. The molecule has 120 valence electrons. The predicted molar refractivity (Wildman–Crippen MR) is 85.9 cm³/mol. The molecule has 0 unspecified atom stereocenters. The molecule has 0 radical (unpaired) electrons. The van der Waals surface area contributed by atoms with Crippen molar-refractivity contribution in [3.8, 4) is 5.75 Å². The van der Waals surface area contributed by atoms with Gasteiger partial charge >= 0.3 is 5.97 Å². The van der Waals surface area contributed by atoms with Crippen LogP contribution in [0.2, 0.25) is 0 Å². The second-order valence-electron chi connectivity index (χ2n) is 4.75. The van der Waals surface area contributed by atoms with Crippen LogP contribution in [0.1, 0.15) is 15.9 Å². The molecule has 2 N–H and O–H groups in total. The van der Waals surface area contributed by atoms with Crippen molar-refractivity contribution >= 4 is 33.5 Å². The maximum Gasteiger partial charge on any atom is 0.342 e. The van der Waals surface area contributed by atoms with Crippen LogP contribution in [-0.4, -0.2) is 23.6 Å². The van der Waals surface area contributed by atoms with Crippen LogP contribution in [0.4, 0.5) is 10.1 Å². The fourth-order valence-corrected chi connectivity index (χ4v) is 2.11. The van der Waals surface area contributed by atoms with E-state index in [0.717, 1.165) is 0 Å². The van der Waals surface area contributed by atoms with E-state index in [-0.39, 0.29) is 17.0 Å². The first-order valence-corrected chi connectivity index (χ1v) is 7.38. The van der Waals surface area contributed by atoms with E-state index < -0.39 is 24.3 Å². The van der Waals surface area contributed by atoms with Gasteiger partial charge in [0, 0.05) is 10.2 Å². The minimum Gasteiger partial charge on any atom is -0.507 e. The van der Waals surface area contributed by atoms with Gasteiger partial charge in [0.2, 0.25) is 0 Å². The Labute approximate surface area is 140 Å². The topological polar surface area (TPSA) is 75.6 Å². The highest BCUT2D eigenvalue weighted by Gasteiger charge is 2.15. The number of hydrogen-bond acceptors (Lipinski definition) is 4. The highest BCUT2D eigenvalue weighted by molar-refractivity contribution is 9.10. The largest absolute Gasteiger partial charge is 0.507 e. The standard InChI is InChI=1S/C16H13BrFNO4/c1-9-2-4-11(7-13(9)18)19-15(21)8-23-16(22)12-6-10(17)3-5-14(12)20/h2-7,20H,8H2,1H3,(H,19,21). The van der Waals surface area contributed by atoms with Gasteiger partial charge < -0.3 is 15.2 Å². The summed E-state index contributed by atoms with van der Waals surface area (Å²) >= 11 is 3.17. The van der Waals surface area contributed by atoms with Crippen LogP contribution in [0.25, 0.3) is 0 Å². The SMILES string of the molecule is Cc1ccc(NC(=O)COC(=O)c2cc(Br)ccc2O)cc1F. The van der Waals surface area contributed by atoms with Gasteiger partial charge in [0.15, 0.2) is 6.61 Å². The number of esters is 1. The Morgan fingerprint density at radius 3 is 2.70 bits per heavy atom. The molecule has 0 aliphatic carbocycles. The van der Waals surface area contributed by atoms with Crippen LogP contribution in [0, 0.1) is 12.7 Å². The molecule has 5 nitrogen and oxygen atoms in total. The third-order valence-electron chi connectivity index (χ3n) is 2.97. The number of phenols is 1. The lowest BCUT2D eigenvalue weighted by atomic mass is 10.2. The van der Waals surface area contributed by atoms with Crippen molar-refractivity contribution in [2.75, 3.05) is 11.9 Å². The number of carbonyl (C=O) groups is 2. The number of amides is 1. The molecule has 0 atom stereocenters. The number of ether oxygens (including phenoxy) is 1. The van der Waals surface area contributed by atoms with E-state index in [4.69, 9.17) is 4.74 Å². The van der Waals surface area contributed by atoms with Gasteiger partial charge in [-0.3, -0.25) is 4.79 Å². The number of aryl methyl sites for hydroxylation is 1. The minimum absolute atomic E-state index is 0.0615. The monoisotopic (exact) mass is 381 g/mol. The number of carbonyl (C=O) groups excluding carboxylic acids is 2. The minimum atomic E-state index is -0.839. The summed E-state index contributed by atoms with van der Waals surface area (Å²) in [5, 5.41) is 12.0. The summed E-state index contributed by atoms with van der Waals surface area (Å²) in [5.41, 5.74) is 0.660. The summed E-state index contributed by atoms with van der Waals surface area (Å²) in [6, 6.07) is 8.51. The van der Waals surface area contributed by atoms with E-state index in [1.807, 2.05) is 0 Å². The van der Waals surface area contributed by atoms with Crippen LogP contribution in [0.15, 0.2) is 40.9 Å². The van der Waals surface area contributed by atoms with Gasteiger partial charge in [0.25, 0.3) is 5.91 Å². The fraction of sp³-hybridized carbons (Fsp3) is 0.125. The molecule has 2 aromatic carbocycles. The zero-order valence-electron chi connectivity index (χ0n) is 12.1. The summed E-state index contributed by atoms with van der Waals surface area (Å²) < 4.78 is 18.8. The van der Waals surface area contributed by atoms with Crippen molar-refractivity contribution in [1.29, 1.82) is 0 Å². The molecule has 0 spiro atoms. The fourth-order valence-electron chi connectivity index (χ4n) is 1.75. The van der Waals surface area contributed by atoms with Crippen LogP contribution < -0.4 is 5.32 Å². The number of benzene rings is 2. The normalized spacial score (nSPS) is 10.2. The Balaban J connectivity index is 1.94. The average Bonchev–Trinajstić information content (AvgIpc) is 2.51. The van der Waals surface area contributed by atoms with Crippen LogP contribution >= 0.6 is 15.9 Å². The average molecular weight is 382 g/mol. The van der Waals surface area contributed by atoms with E-state index in [1.165, 1.54) is 30.3 Å². The molecule has 0 fully saturated rings. The molecule has 7 heteroatoms. The summed E-state index contributed by atoms with van der Waals surface area (Å²) in [5.74, 6) is -2.15. The van der Waals surface area contributed by atoms with E-state index in [0.29, 0.717) is 10.0 Å².